The second kappa shape index (κ2) is 10.4. The molecule has 0 amide bonds. The number of benzene rings is 3. The average molecular weight is 483 g/mol. The normalized spacial score (nSPS) is 16.8. The molecule has 1 N–H and O–H groups in total. The Labute approximate surface area is 211 Å². The molecule has 36 heavy (non-hydrogen) atoms. The van der Waals surface area contributed by atoms with Crippen molar-refractivity contribution in [2.75, 3.05) is 20.3 Å². The summed E-state index contributed by atoms with van der Waals surface area (Å²) in [6, 6.07) is 26.2. The number of aromatic nitrogens is 1. The summed E-state index contributed by atoms with van der Waals surface area (Å²) in [6.45, 7) is 2.00. The van der Waals surface area contributed by atoms with E-state index in [4.69, 9.17) is 18.9 Å². The first-order chi connectivity index (χ1) is 17.7. The van der Waals surface area contributed by atoms with Gasteiger partial charge in [0.05, 0.1) is 6.61 Å². The van der Waals surface area contributed by atoms with Gasteiger partial charge in [0.25, 0.3) is 0 Å². The Morgan fingerprint density at radius 3 is 2.42 bits per heavy atom. The van der Waals surface area contributed by atoms with E-state index in [1.54, 1.807) is 6.92 Å². The van der Waals surface area contributed by atoms with Crippen molar-refractivity contribution in [3.63, 3.8) is 0 Å². The molecule has 0 radical (unpaired) electrons. The van der Waals surface area contributed by atoms with Crippen molar-refractivity contribution < 1.29 is 18.7 Å². The fraction of sp³-hybridized carbons (Fsp3) is 0.267. The molecule has 0 fully saturated rings. The first-order valence-corrected chi connectivity index (χ1v) is 12.4. The van der Waals surface area contributed by atoms with Gasteiger partial charge in [-0.05, 0) is 50.4 Å². The Balaban J connectivity index is 1.61. The van der Waals surface area contributed by atoms with Crippen LogP contribution in [0.4, 0.5) is 0 Å². The van der Waals surface area contributed by atoms with Crippen molar-refractivity contribution in [2.24, 2.45) is 0 Å². The summed E-state index contributed by atoms with van der Waals surface area (Å²) in [6.07, 6.45) is 2.58. The smallest absolute Gasteiger partial charge is 0.344 e. The minimum atomic E-state index is -0.632. The van der Waals surface area contributed by atoms with E-state index in [9.17, 15) is 4.79 Å². The number of esters is 1. The molecule has 0 spiro atoms. The van der Waals surface area contributed by atoms with Gasteiger partial charge in [0.1, 0.15) is 17.0 Å². The van der Waals surface area contributed by atoms with Gasteiger partial charge in [0, 0.05) is 11.1 Å². The van der Waals surface area contributed by atoms with E-state index in [1.165, 1.54) is 0 Å². The van der Waals surface area contributed by atoms with Crippen LogP contribution >= 0.6 is 0 Å². The van der Waals surface area contributed by atoms with Crippen LogP contribution in [0.25, 0.3) is 22.6 Å². The van der Waals surface area contributed by atoms with Crippen LogP contribution in [0.2, 0.25) is 0 Å². The molecule has 0 unspecified atom stereocenters. The number of nitrogens with zero attached hydrogens (tertiary/aromatic N) is 1. The number of fused-ring (bicyclic) bond motifs is 1. The minimum absolute atomic E-state index is 0.119. The zero-order valence-corrected chi connectivity index (χ0v) is 20.6. The Hall–Kier alpha value is -3.90. The quantitative estimate of drug-likeness (QED) is 0.323. The van der Waals surface area contributed by atoms with Gasteiger partial charge in [0.2, 0.25) is 5.89 Å². The third kappa shape index (κ3) is 4.40. The number of oxazole rings is 1. The van der Waals surface area contributed by atoms with Crippen LogP contribution < -0.4 is 10.1 Å². The van der Waals surface area contributed by atoms with Gasteiger partial charge in [-0.25, -0.2) is 9.78 Å². The summed E-state index contributed by atoms with van der Waals surface area (Å²) in [5.41, 5.74) is 4.27. The number of carbonyl (C=O) groups excluding carboxylic acids is 1. The molecule has 1 aliphatic rings. The van der Waals surface area contributed by atoms with Gasteiger partial charge in [-0.15, -0.1) is 0 Å². The molecule has 6 heteroatoms. The topological polar surface area (TPSA) is 73.6 Å². The molecule has 5 rings (SSSR count). The van der Waals surface area contributed by atoms with Crippen LogP contribution in [0.3, 0.4) is 0 Å². The summed E-state index contributed by atoms with van der Waals surface area (Å²) in [5.74, 6) is 1.68. The van der Waals surface area contributed by atoms with Gasteiger partial charge >= 0.3 is 5.97 Å². The maximum Gasteiger partial charge on any atom is 0.344 e. The molecule has 4 aromatic rings. The maximum absolute atomic E-state index is 11.9. The third-order valence-electron chi connectivity index (χ3n) is 6.72. The number of carbonyl (C=O) groups is 1. The van der Waals surface area contributed by atoms with Gasteiger partial charge in [-0.1, -0.05) is 72.8 Å². The van der Waals surface area contributed by atoms with Crippen LogP contribution in [-0.2, 0) is 21.5 Å². The first-order valence-electron chi connectivity index (χ1n) is 12.4. The monoisotopic (exact) mass is 482 g/mol. The molecule has 184 valence electrons. The first kappa shape index (κ1) is 23.8. The Kier molecular flexibility index (Phi) is 6.87. The van der Waals surface area contributed by atoms with E-state index in [2.05, 4.69) is 23.5 Å². The molecule has 1 atom stereocenters. The summed E-state index contributed by atoms with van der Waals surface area (Å²) in [5, 5.41) is 3.54. The zero-order chi connectivity index (χ0) is 25.0. The van der Waals surface area contributed by atoms with E-state index < -0.39 is 5.54 Å². The SMILES string of the molecule is CCOC(=O)COc1cccc2c1CCC[C@@]2(NC)c1nc(-c2ccccc2)c(-c2ccccc2)o1. The molecule has 6 nitrogen and oxygen atoms in total. The van der Waals surface area contributed by atoms with Gasteiger partial charge in [-0.3, -0.25) is 0 Å². The van der Waals surface area contributed by atoms with E-state index in [1.807, 2.05) is 67.7 Å². The van der Waals surface area contributed by atoms with Gasteiger partial charge < -0.3 is 19.2 Å². The Bertz CT molecular complexity index is 1280. The number of rotatable bonds is 8. The highest BCUT2D eigenvalue weighted by atomic mass is 16.6. The number of nitrogens with one attached hydrogen (secondary N) is 1. The lowest BCUT2D eigenvalue weighted by molar-refractivity contribution is -0.145. The highest BCUT2D eigenvalue weighted by molar-refractivity contribution is 5.77. The third-order valence-corrected chi connectivity index (χ3v) is 6.72. The lowest BCUT2D eigenvalue weighted by Crippen LogP contribution is -2.44. The molecule has 1 aliphatic carbocycles. The maximum atomic E-state index is 11.9. The zero-order valence-electron chi connectivity index (χ0n) is 20.6. The summed E-state index contributed by atoms with van der Waals surface area (Å²) in [7, 11) is 1.94. The predicted octanol–water partition coefficient (Wildman–Crippen LogP) is 5.75. The predicted molar refractivity (Wildman–Crippen MR) is 139 cm³/mol. The van der Waals surface area contributed by atoms with Crippen LogP contribution in [0.15, 0.2) is 83.3 Å². The minimum Gasteiger partial charge on any atom is -0.482 e. The molecule has 0 saturated carbocycles. The van der Waals surface area contributed by atoms with Crippen LogP contribution in [0.1, 0.15) is 36.8 Å². The molecule has 0 saturated heterocycles. The second-order valence-electron chi connectivity index (χ2n) is 8.81. The van der Waals surface area contributed by atoms with E-state index >= 15 is 0 Å². The van der Waals surface area contributed by atoms with Gasteiger partial charge in [-0.2, -0.15) is 0 Å². The second-order valence-corrected chi connectivity index (χ2v) is 8.81. The summed E-state index contributed by atoms with van der Waals surface area (Å²) < 4.78 is 17.6. The Morgan fingerprint density at radius 1 is 1.00 bits per heavy atom. The standard InChI is InChI=1S/C30H30N2O4/c1-3-34-26(33)20-35-25-18-10-17-24-23(25)16-11-19-30(24,31-2)29-32-27(21-12-6-4-7-13-21)28(36-29)22-14-8-5-9-15-22/h4-10,12-15,17-18,31H,3,11,16,19-20H2,1-2H3/t30-/m0/s1. The molecular formula is C30H30N2O4. The number of ether oxygens (including phenoxy) is 2. The molecule has 0 aliphatic heterocycles. The average Bonchev–Trinajstić information content (AvgIpc) is 3.39. The number of hydrogen-bond donors (Lipinski definition) is 1. The summed E-state index contributed by atoms with van der Waals surface area (Å²) in [4.78, 5) is 17.0. The summed E-state index contributed by atoms with van der Waals surface area (Å²) >= 11 is 0. The van der Waals surface area contributed by atoms with Crippen molar-refractivity contribution in [1.82, 2.24) is 10.3 Å². The van der Waals surface area contributed by atoms with Crippen LogP contribution in [-0.4, -0.2) is 31.2 Å². The lowest BCUT2D eigenvalue weighted by atomic mass is 9.76. The van der Waals surface area contributed by atoms with E-state index in [0.717, 1.165) is 53.0 Å². The molecule has 0 bridgehead atoms. The van der Waals surface area contributed by atoms with Crippen LogP contribution in [0, 0.1) is 0 Å². The fourth-order valence-electron chi connectivity index (χ4n) is 5.03. The fourth-order valence-corrected chi connectivity index (χ4v) is 5.03. The molecular weight excluding hydrogens is 452 g/mol. The number of hydrogen-bond acceptors (Lipinski definition) is 6. The highest BCUT2D eigenvalue weighted by Crippen LogP contribution is 2.45. The van der Waals surface area contributed by atoms with Crippen molar-refractivity contribution >= 4 is 5.97 Å². The van der Waals surface area contributed by atoms with Gasteiger partial charge in [0.15, 0.2) is 12.4 Å². The van der Waals surface area contributed by atoms with Crippen molar-refractivity contribution in [1.29, 1.82) is 0 Å². The largest absolute Gasteiger partial charge is 0.482 e. The molecule has 1 aromatic heterocycles. The van der Waals surface area contributed by atoms with E-state index in [0.29, 0.717) is 18.2 Å². The Morgan fingerprint density at radius 2 is 1.72 bits per heavy atom. The highest BCUT2D eigenvalue weighted by Gasteiger charge is 2.43. The molecule has 3 aromatic carbocycles. The van der Waals surface area contributed by atoms with Crippen molar-refractivity contribution in [3.05, 3.63) is 95.9 Å². The van der Waals surface area contributed by atoms with E-state index in [-0.39, 0.29) is 12.6 Å². The lowest BCUT2D eigenvalue weighted by Gasteiger charge is -2.37. The van der Waals surface area contributed by atoms with Crippen molar-refractivity contribution in [3.8, 4) is 28.3 Å². The van der Waals surface area contributed by atoms with Crippen molar-refractivity contribution in [2.45, 2.75) is 31.7 Å². The van der Waals surface area contributed by atoms with Crippen LogP contribution in [0.5, 0.6) is 5.75 Å². The molecule has 1 heterocycles.